The van der Waals surface area contributed by atoms with Gasteiger partial charge in [-0.15, -0.1) is 0 Å². The molecule has 0 aliphatic heterocycles. The van der Waals surface area contributed by atoms with Gasteiger partial charge in [0.1, 0.15) is 23.3 Å². The molecule has 118 valence electrons. The van der Waals surface area contributed by atoms with Crippen LogP contribution in [0.3, 0.4) is 0 Å². The van der Waals surface area contributed by atoms with E-state index >= 15 is 0 Å². The van der Waals surface area contributed by atoms with Crippen molar-refractivity contribution in [3.05, 3.63) is 45.4 Å². The van der Waals surface area contributed by atoms with Gasteiger partial charge in [-0.3, -0.25) is 0 Å². The van der Waals surface area contributed by atoms with Crippen molar-refractivity contribution in [3.63, 3.8) is 0 Å². The van der Waals surface area contributed by atoms with Gasteiger partial charge in [-0.2, -0.15) is 5.26 Å². The van der Waals surface area contributed by atoms with Gasteiger partial charge in [0.25, 0.3) is 0 Å². The lowest BCUT2D eigenvalue weighted by atomic mass is 9.84. The molecular formula is C17H16ClFN4. The monoisotopic (exact) mass is 330 g/mol. The first-order valence-corrected chi connectivity index (χ1v) is 7.73. The van der Waals surface area contributed by atoms with Crippen molar-refractivity contribution in [2.45, 2.75) is 32.2 Å². The molecule has 0 radical (unpaired) electrons. The Hall–Kier alpha value is -2.16. The smallest absolute Gasteiger partial charge is 0.142 e. The first kappa shape index (κ1) is 15.7. The number of rotatable bonds is 1. The number of nitrogens with zero attached hydrogens (tertiary/aromatic N) is 2. The van der Waals surface area contributed by atoms with Crippen LogP contribution in [0.5, 0.6) is 0 Å². The number of halogens is 2. The predicted octanol–water partition coefficient (Wildman–Crippen LogP) is 3.12. The molecular weight excluding hydrogens is 315 g/mol. The number of anilines is 1. The first-order chi connectivity index (χ1) is 10.9. The summed E-state index contributed by atoms with van der Waals surface area (Å²) in [6, 6.07) is 5.23. The van der Waals surface area contributed by atoms with Crippen molar-refractivity contribution >= 4 is 17.4 Å². The number of hydrogen-bond acceptors (Lipinski definition) is 4. The standard InChI is InChI=1S/C17H16ClFN4/c1-8-2-4-12(18)15(16(8)19)14-10-6-9(21)3-5-13(10)23-17(22)11(14)7-20/h2,4,9H,3,5-6,21H2,1H3,(H2,22,23). The van der Waals surface area contributed by atoms with E-state index in [4.69, 9.17) is 23.1 Å². The maximum Gasteiger partial charge on any atom is 0.142 e. The van der Waals surface area contributed by atoms with Crippen LogP contribution in [0.4, 0.5) is 10.2 Å². The molecule has 0 bridgehead atoms. The largest absolute Gasteiger partial charge is 0.383 e. The minimum Gasteiger partial charge on any atom is -0.383 e. The number of nitriles is 1. The van der Waals surface area contributed by atoms with Crippen molar-refractivity contribution < 1.29 is 4.39 Å². The Morgan fingerprint density at radius 3 is 2.83 bits per heavy atom. The van der Waals surface area contributed by atoms with Gasteiger partial charge in [-0.25, -0.2) is 9.37 Å². The third kappa shape index (κ3) is 2.54. The molecule has 1 aromatic heterocycles. The molecule has 4 N–H and O–H groups in total. The van der Waals surface area contributed by atoms with Gasteiger partial charge in [-0.1, -0.05) is 17.7 Å². The second kappa shape index (κ2) is 5.80. The zero-order valence-electron chi connectivity index (χ0n) is 12.7. The van der Waals surface area contributed by atoms with Crippen LogP contribution in [0, 0.1) is 24.1 Å². The van der Waals surface area contributed by atoms with Crippen molar-refractivity contribution in [2.75, 3.05) is 5.73 Å². The number of hydrogen-bond donors (Lipinski definition) is 2. The molecule has 1 unspecified atom stereocenters. The lowest BCUT2D eigenvalue weighted by molar-refractivity contribution is 0.567. The highest BCUT2D eigenvalue weighted by Crippen LogP contribution is 2.40. The number of aromatic nitrogens is 1. The van der Waals surface area contributed by atoms with Gasteiger partial charge in [0.05, 0.1) is 5.02 Å². The molecule has 2 aromatic rings. The minimum atomic E-state index is -0.444. The summed E-state index contributed by atoms with van der Waals surface area (Å²) in [6.07, 6.45) is 1.97. The number of nitrogen functional groups attached to an aromatic ring is 1. The van der Waals surface area contributed by atoms with Gasteiger partial charge in [-0.05, 0) is 43.4 Å². The fraction of sp³-hybridized carbons (Fsp3) is 0.294. The first-order valence-electron chi connectivity index (χ1n) is 7.36. The summed E-state index contributed by atoms with van der Waals surface area (Å²) >= 11 is 6.25. The molecule has 1 aliphatic rings. The molecule has 3 rings (SSSR count). The summed E-state index contributed by atoms with van der Waals surface area (Å²) in [7, 11) is 0. The Bertz CT molecular complexity index is 842. The fourth-order valence-corrected chi connectivity index (χ4v) is 3.32. The van der Waals surface area contributed by atoms with Crippen LogP contribution in [0.2, 0.25) is 5.02 Å². The van der Waals surface area contributed by atoms with E-state index in [1.54, 1.807) is 19.1 Å². The molecule has 1 heterocycles. The molecule has 0 saturated carbocycles. The highest BCUT2D eigenvalue weighted by molar-refractivity contribution is 6.33. The van der Waals surface area contributed by atoms with Crippen LogP contribution >= 0.6 is 11.6 Å². The van der Waals surface area contributed by atoms with Gasteiger partial charge in [0, 0.05) is 22.9 Å². The Kier molecular flexibility index (Phi) is 3.97. The van der Waals surface area contributed by atoms with Gasteiger partial charge < -0.3 is 11.5 Å². The second-order valence-electron chi connectivity index (χ2n) is 5.84. The highest BCUT2D eigenvalue weighted by atomic mass is 35.5. The number of benzene rings is 1. The highest BCUT2D eigenvalue weighted by Gasteiger charge is 2.28. The summed E-state index contributed by atoms with van der Waals surface area (Å²) in [5, 5.41) is 9.76. The van der Waals surface area contributed by atoms with E-state index in [9.17, 15) is 9.65 Å². The minimum absolute atomic E-state index is 0.0511. The van der Waals surface area contributed by atoms with Crippen molar-refractivity contribution in [1.82, 2.24) is 4.98 Å². The second-order valence-corrected chi connectivity index (χ2v) is 6.25. The van der Waals surface area contributed by atoms with E-state index in [0.29, 0.717) is 24.0 Å². The number of aryl methyl sites for hydroxylation is 2. The van der Waals surface area contributed by atoms with E-state index in [0.717, 1.165) is 17.7 Å². The zero-order chi connectivity index (χ0) is 16.7. The van der Waals surface area contributed by atoms with E-state index in [1.165, 1.54) is 0 Å². The molecule has 0 spiro atoms. The molecule has 0 saturated heterocycles. The van der Waals surface area contributed by atoms with Crippen LogP contribution in [-0.2, 0) is 12.8 Å². The maximum atomic E-state index is 14.8. The number of nitrogens with two attached hydrogens (primary N) is 2. The molecule has 1 aromatic carbocycles. The van der Waals surface area contributed by atoms with Crippen LogP contribution in [0.25, 0.3) is 11.1 Å². The van der Waals surface area contributed by atoms with Crippen LogP contribution in [-0.4, -0.2) is 11.0 Å². The number of fused-ring (bicyclic) bond motifs is 1. The molecule has 0 amide bonds. The Balaban J connectivity index is 2.42. The molecule has 4 nitrogen and oxygen atoms in total. The van der Waals surface area contributed by atoms with Gasteiger partial charge in [0.2, 0.25) is 0 Å². The number of pyridine rings is 1. The van der Waals surface area contributed by atoms with Crippen LogP contribution in [0.1, 0.15) is 28.8 Å². The van der Waals surface area contributed by atoms with E-state index in [-0.39, 0.29) is 28.0 Å². The summed E-state index contributed by atoms with van der Waals surface area (Å²) in [6.45, 7) is 1.66. The SMILES string of the molecule is Cc1ccc(Cl)c(-c2c(C#N)c(N)nc3c2CC(N)CC3)c1F. The summed E-state index contributed by atoms with van der Waals surface area (Å²) in [5.74, 6) is -0.338. The van der Waals surface area contributed by atoms with Gasteiger partial charge in [0.15, 0.2) is 0 Å². The summed E-state index contributed by atoms with van der Waals surface area (Å²) in [5.41, 5.74) is 14.8. The maximum absolute atomic E-state index is 14.8. The van der Waals surface area contributed by atoms with Crippen molar-refractivity contribution in [3.8, 4) is 17.2 Å². The topological polar surface area (TPSA) is 88.7 Å². The average Bonchev–Trinajstić information content (AvgIpc) is 2.52. The van der Waals surface area contributed by atoms with Crippen molar-refractivity contribution in [2.24, 2.45) is 5.73 Å². The lowest BCUT2D eigenvalue weighted by Gasteiger charge is -2.25. The van der Waals surface area contributed by atoms with Crippen LogP contribution in [0.15, 0.2) is 12.1 Å². The Morgan fingerprint density at radius 2 is 2.13 bits per heavy atom. The quantitative estimate of drug-likeness (QED) is 0.840. The molecule has 6 heteroatoms. The molecule has 23 heavy (non-hydrogen) atoms. The molecule has 1 aliphatic carbocycles. The van der Waals surface area contributed by atoms with Crippen molar-refractivity contribution in [1.29, 1.82) is 5.26 Å². The Morgan fingerprint density at radius 1 is 1.39 bits per heavy atom. The van der Waals surface area contributed by atoms with E-state index in [2.05, 4.69) is 4.98 Å². The Labute approximate surface area is 138 Å². The zero-order valence-corrected chi connectivity index (χ0v) is 13.4. The fourth-order valence-electron chi connectivity index (χ4n) is 3.08. The summed E-state index contributed by atoms with van der Waals surface area (Å²) < 4.78 is 14.8. The molecule has 0 fully saturated rings. The van der Waals surface area contributed by atoms with E-state index < -0.39 is 5.82 Å². The lowest BCUT2D eigenvalue weighted by Crippen LogP contribution is -2.29. The normalized spacial score (nSPS) is 16.7. The average molecular weight is 331 g/mol. The van der Waals surface area contributed by atoms with Crippen LogP contribution < -0.4 is 11.5 Å². The molecule has 1 atom stereocenters. The van der Waals surface area contributed by atoms with Gasteiger partial charge >= 0.3 is 0 Å². The third-order valence-electron chi connectivity index (χ3n) is 4.28. The third-order valence-corrected chi connectivity index (χ3v) is 4.59. The summed E-state index contributed by atoms with van der Waals surface area (Å²) in [4.78, 5) is 4.32. The van der Waals surface area contributed by atoms with E-state index in [1.807, 2.05) is 6.07 Å². The predicted molar refractivity (Wildman–Crippen MR) is 88.5 cm³/mol.